The molecule has 2 bridgehead atoms. The topological polar surface area (TPSA) is 51.3 Å². The SMILES string of the molecule is O=c1cccc2n1C[C@H]1C[C@@H]2CN(Cc2noc3ccc(F)cc23)C1. The van der Waals surface area contributed by atoms with Gasteiger partial charge in [-0.15, -0.1) is 0 Å². The first kappa shape index (κ1) is 14.8. The van der Waals surface area contributed by atoms with Crippen LogP contribution >= 0.6 is 0 Å². The summed E-state index contributed by atoms with van der Waals surface area (Å²) in [5, 5.41) is 4.89. The number of nitrogens with zero attached hydrogens (tertiary/aromatic N) is 3. The molecule has 0 aliphatic carbocycles. The Hall–Kier alpha value is -2.47. The lowest BCUT2D eigenvalue weighted by Crippen LogP contribution is -2.46. The van der Waals surface area contributed by atoms with Gasteiger partial charge in [-0.3, -0.25) is 9.69 Å². The molecular formula is C19H18FN3O2. The monoisotopic (exact) mass is 339 g/mol. The molecule has 128 valence electrons. The maximum Gasteiger partial charge on any atom is 0.250 e. The van der Waals surface area contributed by atoms with Crippen molar-refractivity contribution in [1.82, 2.24) is 14.6 Å². The smallest absolute Gasteiger partial charge is 0.250 e. The standard InChI is InChI=1S/C19H18FN3O2/c20-14-4-5-18-15(7-14)16(21-25-18)11-22-8-12-6-13(10-22)17-2-1-3-19(24)23(17)9-12/h1-5,7,12-13H,6,8-11H2/t12-,13+/m0/s1. The lowest BCUT2D eigenvalue weighted by atomic mass is 9.83. The van der Waals surface area contributed by atoms with Crippen molar-refractivity contribution in [2.24, 2.45) is 5.92 Å². The van der Waals surface area contributed by atoms with Crippen molar-refractivity contribution < 1.29 is 8.91 Å². The van der Waals surface area contributed by atoms with Gasteiger partial charge in [0.15, 0.2) is 5.58 Å². The van der Waals surface area contributed by atoms with Crippen LogP contribution in [0.4, 0.5) is 4.39 Å². The number of hydrogen-bond donors (Lipinski definition) is 0. The summed E-state index contributed by atoms with van der Waals surface area (Å²) in [5.41, 5.74) is 2.62. The van der Waals surface area contributed by atoms with Crippen LogP contribution in [0.25, 0.3) is 11.0 Å². The van der Waals surface area contributed by atoms with Crippen molar-refractivity contribution in [3.63, 3.8) is 0 Å². The summed E-state index contributed by atoms with van der Waals surface area (Å²) >= 11 is 0. The Kier molecular flexibility index (Phi) is 3.28. The molecular weight excluding hydrogens is 321 g/mol. The molecule has 2 aliphatic heterocycles. The predicted octanol–water partition coefficient (Wildman–Crippen LogP) is 2.75. The fourth-order valence-corrected chi connectivity index (χ4v) is 4.41. The molecule has 5 rings (SSSR count). The Balaban J connectivity index is 1.43. The van der Waals surface area contributed by atoms with Gasteiger partial charge in [-0.25, -0.2) is 4.39 Å². The van der Waals surface area contributed by atoms with E-state index in [-0.39, 0.29) is 11.4 Å². The summed E-state index contributed by atoms with van der Waals surface area (Å²) in [6.45, 7) is 3.21. The molecule has 2 aromatic heterocycles. The third-order valence-corrected chi connectivity index (χ3v) is 5.44. The normalized spacial score (nSPS) is 22.9. The third kappa shape index (κ3) is 2.48. The first-order valence-electron chi connectivity index (χ1n) is 8.63. The van der Waals surface area contributed by atoms with Crippen molar-refractivity contribution in [2.45, 2.75) is 25.4 Å². The zero-order chi connectivity index (χ0) is 17.0. The van der Waals surface area contributed by atoms with Crippen LogP contribution < -0.4 is 5.56 Å². The number of halogens is 1. The van der Waals surface area contributed by atoms with Crippen molar-refractivity contribution >= 4 is 11.0 Å². The van der Waals surface area contributed by atoms with E-state index < -0.39 is 0 Å². The molecule has 5 nitrogen and oxygen atoms in total. The lowest BCUT2D eigenvalue weighted by molar-refractivity contribution is 0.112. The summed E-state index contributed by atoms with van der Waals surface area (Å²) in [6, 6.07) is 10.0. The van der Waals surface area contributed by atoms with E-state index in [9.17, 15) is 9.18 Å². The van der Waals surface area contributed by atoms with Gasteiger partial charge < -0.3 is 9.09 Å². The van der Waals surface area contributed by atoms with E-state index >= 15 is 0 Å². The van der Waals surface area contributed by atoms with E-state index in [0.717, 1.165) is 42.8 Å². The molecule has 0 spiro atoms. The molecule has 3 aromatic rings. The Morgan fingerprint density at radius 1 is 1.20 bits per heavy atom. The number of likely N-dealkylation sites (tertiary alicyclic amines) is 1. The van der Waals surface area contributed by atoms with E-state index in [1.165, 1.54) is 12.1 Å². The van der Waals surface area contributed by atoms with E-state index in [2.05, 4.69) is 16.1 Å². The second kappa shape index (κ2) is 5.52. The van der Waals surface area contributed by atoms with Gasteiger partial charge in [0.05, 0.1) is 0 Å². The second-order valence-electron chi connectivity index (χ2n) is 7.16. The number of rotatable bonds is 2. The maximum absolute atomic E-state index is 13.5. The van der Waals surface area contributed by atoms with Crippen molar-refractivity contribution in [3.8, 4) is 0 Å². The number of pyridine rings is 1. The minimum absolute atomic E-state index is 0.0959. The molecule has 25 heavy (non-hydrogen) atoms. The van der Waals surface area contributed by atoms with Gasteiger partial charge in [0, 0.05) is 49.2 Å². The predicted molar refractivity (Wildman–Crippen MR) is 90.8 cm³/mol. The molecule has 0 radical (unpaired) electrons. The van der Waals surface area contributed by atoms with Gasteiger partial charge in [-0.2, -0.15) is 0 Å². The minimum atomic E-state index is -0.277. The Labute approximate surface area is 143 Å². The molecule has 4 heterocycles. The Morgan fingerprint density at radius 2 is 2.12 bits per heavy atom. The van der Waals surface area contributed by atoms with Gasteiger partial charge in [-0.05, 0) is 36.6 Å². The van der Waals surface area contributed by atoms with Crippen LogP contribution in [0.3, 0.4) is 0 Å². The van der Waals surface area contributed by atoms with Crippen LogP contribution in [-0.4, -0.2) is 27.7 Å². The first-order valence-corrected chi connectivity index (χ1v) is 8.63. The molecule has 0 unspecified atom stereocenters. The van der Waals surface area contributed by atoms with Crippen LogP contribution in [-0.2, 0) is 13.1 Å². The average Bonchev–Trinajstić information content (AvgIpc) is 2.98. The summed E-state index contributed by atoms with van der Waals surface area (Å²) in [7, 11) is 0. The highest BCUT2D eigenvalue weighted by Crippen LogP contribution is 2.35. The molecule has 1 fully saturated rings. The second-order valence-corrected chi connectivity index (χ2v) is 7.16. The molecule has 0 N–H and O–H groups in total. The Morgan fingerprint density at radius 3 is 3.04 bits per heavy atom. The van der Waals surface area contributed by atoms with E-state index in [4.69, 9.17) is 4.52 Å². The molecule has 2 aliphatic rings. The largest absolute Gasteiger partial charge is 0.356 e. The Bertz CT molecular complexity index is 1010. The minimum Gasteiger partial charge on any atom is -0.356 e. The van der Waals surface area contributed by atoms with Crippen LogP contribution in [0.5, 0.6) is 0 Å². The van der Waals surface area contributed by atoms with E-state index in [1.54, 1.807) is 12.1 Å². The summed E-state index contributed by atoms with van der Waals surface area (Å²) < 4.78 is 20.8. The molecule has 0 saturated carbocycles. The van der Waals surface area contributed by atoms with Gasteiger partial charge in [0.2, 0.25) is 0 Å². The van der Waals surface area contributed by atoms with E-state index in [1.807, 2.05) is 10.6 Å². The molecule has 0 amide bonds. The number of aromatic nitrogens is 2. The highest BCUT2D eigenvalue weighted by Gasteiger charge is 2.34. The van der Waals surface area contributed by atoms with Crippen LogP contribution in [0.1, 0.15) is 23.7 Å². The third-order valence-electron chi connectivity index (χ3n) is 5.44. The van der Waals surface area contributed by atoms with Gasteiger partial charge >= 0.3 is 0 Å². The molecule has 6 heteroatoms. The fraction of sp³-hybridized carbons (Fsp3) is 0.368. The van der Waals surface area contributed by atoms with Gasteiger partial charge in [0.25, 0.3) is 5.56 Å². The summed E-state index contributed by atoms with van der Waals surface area (Å²) in [5.74, 6) is 0.540. The van der Waals surface area contributed by atoms with E-state index in [0.29, 0.717) is 24.0 Å². The maximum atomic E-state index is 13.5. The van der Waals surface area contributed by atoms with Crippen LogP contribution in [0.15, 0.2) is 45.7 Å². The van der Waals surface area contributed by atoms with Crippen LogP contribution in [0.2, 0.25) is 0 Å². The van der Waals surface area contributed by atoms with Crippen molar-refractivity contribution in [3.05, 3.63) is 64.0 Å². The number of benzene rings is 1. The zero-order valence-electron chi connectivity index (χ0n) is 13.7. The lowest BCUT2D eigenvalue weighted by Gasteiger charge is -2.42. The highest BCUT2D eigenvalue weighted by molar-refractivity contribution is 5.79. The van der Waals surface area contributed by atoms with Crippen molar-refractivity contribution in [1.29, 1.82) is 0 Å². The first-order chi connectivity index (χ1) is 12.2. The number of fused-ring (bicyclic) bond motifs is 5. The molecule has 1 saturated heterocycles. The van der Waals surface area contributed by atoms with Gasteiger partial charge in [0.1, 0.15) is 11.5 Å². The quantitative estimate of drug-likeness (QED) is 0.720. The van der Waals surface area contributed by atoms with Crippen molar-refractivity contribution in [2.75, 3.05) is 13.1 Å². The van der Waals surface area contributed by atoms with Gasteiger partial charge in [-0.1, -0.05) is 11.2 Å². The summed E-state index contributed by atoms with van der Waals surface area (Å²) in [6.07, 6.45) is 1.12. The highest BCUT2D eigenvalue weighted by atomic mass is 19.1. The zero-order valence-corrected chi connectivity index (χ0v) is 13.7. The molecule has 1 aromatic carbocycles. The average molecular weight is 339 g/mol. The number of hydrogen-bond acceptors (Lipinski definition) is 4. The molecule has 2 atom stereocenters. The number of piperidine rings is 1. The summed E-state index contributed by atoms with van der Waals surface area (Å²) in [4.78, 5) is 14.5. The van der Waals surface area contributed by atoms with Crippen LogP contribution in [0, 0.1) is 11.7 Å². The fourth-order valence-electron chi connectivity index (χ4n) is 4.41.